The van der Waals surface area contributed by atoms with Crippen molar-refractivity contribution >= 4 is 16.8 Å². The Labute approximate surface area is 216 Å². The van der Waals surface area contributed by atoms with Crippen molar-refractivity contribution in [1.82, 2.24) is 9.88 Å². The van der Waals surface area contributed by atoms with Crippen molar-refractivity contribution in [2.24, 2.45) is 11.7 Å². The monoisotopic (exact) mass is 485 g/mol. The van der Waals surface area contributed by atoms with Gasteiger partial charge < -0.3 is 15.6 Å². The summed E-state index contributed by atoms with van der Waals surface area (Å²) in [5.41, 5.74) is 11.1. The number of amides is 1. The summed E-state index contributed by atoms with van der Waals surface area (Å²) in [6.07, 6.45) is 15.0. The zero-order chi connectivity index (χ0) is 24.9. The summed E-state index contributed by atoms with van der Waals surface area (Å²) in [5.74, 6) is 1.04. The lowest BCUT2D eigenvalue weighted by atomic mass is 9.86. The van der Waals surface area contributed by atoms with E-state index in [4.69, 9.17) is 5.73 Å². The molecule has 1 heterocycles. The summed E-state index contributed by atoms with van der Waals surface area (Å²) in [7, 11) is 0. The molecule has 1 amide bonds. The Morgan fingerprint density at radius 2 is 1.78 bits per heavy atom. The molecule has 1 aromatic heterocycles. The second-order valence-corrected chi connectivity index (χ2v) is 11.4. The molecule has 1 unspecified atom stereocenters. The van der Waals surface area contributed by atoms with Crippen molar-refractivity contribution in [3.05, 3.63) is 71.4 Å². The molecule has 192 valence electrons. The molecule has 3 aromatic rings. The Bertz CT molecular complexity index is 1150. The van der Waals surface area contributed by atoms with Crippen LogP contribution in [0, 0.1) is 12.8 Å². The Balaban J connectivity index is 1.42. The predicted molar refractivity (Wildman–Crippen MR) is 149 cm³/mol. The Hall–Kier alpha value is -2.59. The summed E-state index contributed by atoms with van der Waals surface area (Å²) < 4.78 is 2.46. The van der Waals surface area contributed by atoms with Gasteiger partial charge in [0, 0.05) is 48.1 Å². The first-order chi connectivity index (χ1) is 17.6. The molecule has 4 heteroatoms. The van der Waals surface area contributed by atoms with Crippen LogP contribution in [0.1, 0.15) is 93.2 Å². The number of carbonyl (C=O) groups is 1. The van der Waals surface area contributed by atoms with Crippen molar-refractivity contribution in [3.8, 4) is 0 Å². The topological polar surface area (TPSA) is 60.1 Å². The number of para-hydroxylation sites is 1. The number of aryl methyl sites for hydroxylation is 2. The maximum atomic E-state index is 13.4. The van der Waals surface area contributed by atoms with Crippen molar-refractivity contribution in [3.63, 3.8) is 0 Å². The first-order valence-corrected chi connectivity index (χ1v) is 14.3. The zero-order valence-electron chi connectivity index (χ0n) is 21.9. The van der Waals surface area contributed by atoms with Gasteiger partial charge in [0.2, 0.25) is 5.91 Å². The van der Waals surface area contributed by atoms with Crippen molar-refractivity contribution < 1.29 is 4.79 Å². The number of aromatic nitrogens is 1. The van der Waals surface area contributed by atoms with E-state index < -0.39 is 0 Å². The number of fused-ring (bicyclic) bond motifs is 1. The number of hydrogen-bond acceptors (Lipinski definition) is 2. The van der Waals surface area contributed by atoms with Gasteiger partial charge in [-0.2, -0.15) is 0 Å². The highest BCUT2D eigenvalue weighted by atomic mass is 16.1. The highest BCUT2D eigenvalue weighted by Crippen LogP contribution is 2.36. The molecule has 0 radical (unpaired) electrons. The number of nitrogens with zero attached hydrogens (tertiary/aromatic N) is 1. The molecule has 2 aliphatic rings. The molecule has 2 aromatic carbocycles. The van der Waals surface area contributed by atoms with Crippen LogP contribution in [0.3, 0.4) is 0 Å². The molecule has 0 aliphatic heterocycles. The van der Waals surface area contributed by atoms with Gasteiger partial charge in [0.05, 0.1) is 0 Å². The fourth-order valence-electron chi connectivity index (χ4n) is 6.57. The quantitative estimate of drug-likeness (QED) is 0.367. The van der Waals surface area contributed by atoms with Crippen molar-refractivity contribution in [2.45, 2.75) is 102 Å². The zero-order valence-corrected chi connectivity index (χ0v) is 21.9. The fraction of sp³-hybridized carbons (Fsp3) is 0.531. The predicted octanol–water partition coefficient (Wildman–Crippen LogP) is 6.83. The van der Waals surface area contributed by atoms with E-state index >= 15 is 0 Å². The molecule has 2 saturated carbocycles. The van der Waals surface area contributed by atoms with Gasteiger partial charge in [-0.05, 0) is 62.1 Å². The highest BCUT2D eigenvalue weighted by molar-refractivity contribution is 5.86. The van der Waals surface area contributed by atoms with E-state index in [1.54, 1.807) is 0 Å². The lowest BCUT2D eigenvalue weighted by molar-refractivity contribution is -0.122. The number of nitrogens with one attached hydrogen (secondary N) is 1. The molecule has 0 spiro atoms. The van der Waals surface area contributed by atoms with Gasteiger partial charge in [0.25, 0.3) is 0 Å². The van der Waals surface area contributed by atoms with E-state index in [0.29, 0.717) is 6.42 Å². The van der Waals surface area contributed by atoms with E-state index in [-0.39, 0.29) is 23.9 Å². The van der Waals surface area contributed by atoms with Gasteiger partial charge in [-0.25, -0.2) is 0 Å². The average Bonchev–Trinajstić information content (AvgIpc) is 3.26. The first kappa shape index (κ1) is 25.1. The molecular formula is C32H43N3O. The molecule has 2 fully saturated rings. The molecule has 4 nitrogen and oxygen atoms in total. The Morgan fingerprint density at radius 1 is 1.00 bits per heavy atom. The van der Waals surface area contributed by atoms with Gasteiger partial charge in [0.1, 0.15) is 0 Å². The van der Waals surface area contributed by atoms with E-state index in [1.165, 1.54) is 66.1 Å². The smallest absolute Gasteiger partial charge is 0.221 e. The van der Waals surface area contributed by atoms with Crippen LogP contribution >= 0.6 is 0 Å². The minimum atomic E-state index is 0.0385. The summed E-state index contributed by atoms with van der Waals surface area (Å²) in [4.78, 5) is 13.4. The summed E-state index contributed by atoms with van der Waals surface area (Å²) in [5, 5.41) is 4.63. The minimum absolute atomic E-state index is 0.0385. The van der Waals surface area contributed by atoms with Crippen LogP contribution in [0.2, 0.25) is 0 Å². The maximum Gasteiger partial charge on any atom is 0.221 e. The van der Waals surface area contributed by atoms with E-state index in [1.807, 2.05) is 0 Å². The first-order valence-electron chi connectivity index (χ1n) is 14.3. The molecule has 5 rings (SSSR count). The van der Waals surface area contributed by atoms with E-state index in [2.05, 4.69) is 71.5 Å². The van der Waals surface area contributed by atoms with Crippen LogP contribution in [-0.2, 0) is 11.3 Å². The molecule has 3 N–H and O–H groups in total. The molecule has 1 atom stereocenters. The third-order valence-corrected chi connectivity index (χ3v) is 8.67. The lowest BCUT2D eigenvalue weighted by Gasteiger charge is -2.27. The second-order valence-electron chi connectivity index (χ2n) is 11.4. The Morgan fingerprint density at radius 3 is 2.56 bits per heavy atom. The molecule has 36 heavy (non-hydrogen) atoms. The maximum absolute atomic E-state index is 13.4. The van der Waals surface area contributed by atoms with Gasteiger partial charge in [-0.3, -0.25) is 4.79 Å². The second kappa shape index (κ2) is 11.6. The lowest BCUT2D eigenvalue weighted by Crippen LogP contribution is -2.40. The van der Waals surface area contributed by atoms with Gasteiger partial charge in [0.15, 0.2) is 0 Å². The van der Waals surface area contributed by atoms with Crippen LogP contribution < -0.4 is 11.1 Å². The van der Waals surface area contributed by atoms with Crippen LogP contribution in [-0.4, -0.2) is 22.6 Å². The number of hydrogen-bond donors (Lipinski definition) is 2. The number of benzene rings is 2. The van der Waals surface area contributed by atoms with Gasteiger partial charge >= 0.3 is 0 Å². The fourth-order valence-corrected chi connectivity index (χ4v) is 6.57. The molecular weight excluding hydrogens is 442 g/mol. The molecule has 0 saturated heterocycles. The summed E-state index contributed by atoms with van der Waals surface area (Å²) in [6.45, 7) is 3.19. The van der Waals surface area contributed by atoms with Crippen LogP contribution in [0.15, 0.2) is 54.7 Å². The van der Waals surface area contributed by atoms with E-state index in [9.17, 15) is 4.79 Å². The normalized spacial score (nSPS) is 21.9. The highest BCUT2D eigenvalue weighted by Gasteiger charge is 2.26. The minimum Gasteiger partial charge on any atom is -0.353 e. The van der Waals surface area contributed by atoms with Gasteiger partial charge in [-0.15, -0.1) is 0 Å². The van der Waals surface area contributed by atoms with Crippen LogP contribution in [0.4, 0.5) is 0 Å². The number of carbonyl (C=O) groups excluding carboxylic acids is 1. The molecule has 0 bridgehead atoms. The Kier molecular flexibility index (Phi) is 8.11. The SMILES string of the molecule is Cc1cccc(C(CC(=O)NC2CCC(N)CC2)c2cn(CCC3CCCCC3)c3ccccc23)c1. The number of nitrogens with two attached hydrogens (primary N) is 1. The summed E-state index contributed by atoms with van der Waals surface area (Å²) in [6, 6.07) is 18.0. The largest absolute Gasteiger partial charge is 0.353 e. The third kappa shape index (κ3) is 6.03. The number of rotatable bonds is 8. The molecule has 2 aliphatic carbocycles. The van der Waals surface area contributed by atoms with Crippen LogP contribution in [0.5, 0.6) is 0 Å². The van der Waals surface area contributed by atoms with Gasteiger partial charge in [-0.1, -0.05) is 80.1 Å². The van der Waals surface area contributed by atoms with Crippen LogP contribution in [0.25, 0.3) is 10.9 Å². The average molecular weight is 486 g/mol. The van der Waals surface area contributed by atoms with E-state index in [0.717, 1.165) is 38.1 Å². The standard InChI is InChI=1S/C32H43N3O/c1-23-8-7-11-25(20-23)29(21-32(36)34-27-16-14-26(33)15-17-27)30-22-35(31-13-6-5-12-28(30)31)19-18-24-9-3-2-4-10-24/h5-8,11-13,20,22,24,26-27,29H,2-4,9-10,14-19,21,33H2,1H3,(H,34,36). The summed E-state index contributed by atoms with van der Waals surface area (Å²) >= 11 is 0. The van der Waals surface area contributed by atoms with Crippen molar-refractivity contribution in [1.29, 1.82) is 0 Å². The van der Waals surface area contributed by atoms with Crippen molar-refractivity contribution in [2.75, 3.05) is 0 Å². The third-order valence-electron chi connectivity index (χ3n) is 8.67.